The second-order valence-electron chi connectivity index (χ2n) is 2.99. The number of carbonyl (C=O) groups excluding carboxylic acids is 2. The highest BCUT2D eigenvalue weighted by Crippen LogP contribution is 2.31. The van der Waals surface area contributed by atoms with Crippen LogP contribution in [-0.4, -0.2) is 28.6 Å². The van der Waals surface area contributed by atoms with Crippen LogP contribution in [0.4, 0.5) is 0 Å². The average molecular weight is 246 g/mol. The second-order valence-corrected chi connectivity index (χ2v) is 3.81. The first-order chi connectivity index (χ1) is 7.06. The molecule has 1 N–H and O–H groups in total. The topological polar surface area (TPSA) is 57.6 Å². The van der Waals surface area contributed by atoms with Crippen molar-refractivity contribution in [2.24, 2.45) is 0 Å². The molecule has 6 heteroatoms. The molecule has 0 aromatic heterocycles. The summed E-state index contributed by atoms with van der Waals surface area (Å²) in [5.74, 6) is -1.12. The van der Waals surface area contributed by atoms with E-state index in [1.54, 1.807) is 0 Å². The van der Waals surface area contributed by atoms with Gasteiger partial charge in [0.1, 0.15) is 6.73 Å². The summed E-state index contributed by atoms with van der Waals surface area (Å²) in [6.07, 6.45) is 0. The van der Waals surface area contributed by atoms with E-state index in [9.17, 15) is 9.59 Å². The van der Waals surface area contributed by atoms with Crippen LogP contribution in [0, 0.1) is 0 Å². The van der Waals surface area contributed by atoms with Gasteiger partial charge in [0, 0.05) is 0 Å². The van der Waals surface area contributed by atoms with Gasteiger partial charge in [-0.3, -0.25) is 14.5 Å². The average Bonchev–Trinajstić information content (AvgIpc) is 2.42. The highest BCUT2D eigenvalue weighted by atomic mass is 35.5. The third kappa shape index (κ3) is 1.42. The standard InChI is InChI=1S/C9H5Cl2NO3/c10-6-1-4-5(2-7(6)11)9(15)12(3-13)8(4)14/h1-2,13H,3H2. The molecular weight excluding hydrogens is 241 g/mol. The minimum atomic E-state index is -0.651. The van der Waals surface area contributed by atoms with E-state index in [1.807, 2.05) is 0 Å². The Morgan fingerprint density at radius 3 is 1.80 bits per heavy atom. The van der Waals surface area contributed by atoms with E-state index in [4.69, 9.17) is 28.3 Å². The molecule has 1 aromatic carbocycles. The summed E-state index contributed by atoms with van der Waals surface area (Å²) in [6.45, 7) is -0.651. The number of aliphatic hydroxyl groups excluding tert-OH is 1. The van der Waals surface area contributed by atoms with Crippen LogP contribution in [0.2, 0.25) is 10.0 Å². The first-order valence-electron chi connectivity index (χ1n) is 4.02. The molecule has 1 aliphatic rings. The van der Waals surface area contributed by atoms with Gasteiger partial charge in [0.05, 0.1) is 21.2 Å². The molecule has 0 saturated carbocycles. The lowest BCUT2D eigenvalue weighted by Gasteiger charge is -2.07. The van der Waals surface area contributed by atoms with E-state index in [0.29, 0.717) is 0 Å². The molecule has 0 radical (unpaired) electrons. The largest absolute Gasteiger partial charge is 0.376 e. The van der Waals surface area contributed by atoms with E-state index < -0.39 is 18.5 Å². The molecular formula is C9H5Cl2NO3. The van der Waals surface area contributed by atoms with Gasteiger partial charge < -0.3 is 5.11 Å². The van der Waals surface area contributed by atoms with Gasteiger partial charge in [0.15, 0.2) is 0 Å². The van der Waals surface area contributed by atoms with Crippen LogP contribution in [-0.2, 0) is 0 Å². The van der Waals surface area contributed by atoms with Crippen LogP contribution in [0.5, 0.6) is 0 Å². The van der Waals surface area contributed by atoms with Gasteiger partial charge >= 0.3 is 0 Å². The molecule has 0 spiro atoms. The lowest BCUT2D eigenvalue weighted by atomic mass is 10.1. The predicted octanol–water partition coefficient (Wildman–Crippen LogP) is 1.54. The summed E-state index contributed by atoms with van der Waals surface area (Å²) in [7, 11) is 0. The van der Waals surface area contributed by atoms with E-state index >= 15 is 0 Å². The van der Waals surface area contributed by atoms with Crippen molar-refractivity contribution >= 4 is 35.0 Å². The molecule has 0 aliphatic carbocycles. The van der Waals surface area contributed by atoms with Crippen molar-refractivity contribution in [1.82, 2.24) is 4.90 Å². The molecule has 0 bridgehead atoms. The van der Waals surface area contributed by atoms with Gasteiger partial charge in [-0.05, 0) is 12.1 Å². The molecule has 1 aliphatic heterocycles. The van der Waals surface area contributed by atoms with E-state index in [-0.39, 0.29) is 21.2 Å². The number of hydrogen-bond donors (Lipinski definition) is 1. The smallest absolute Gasteiger partial charge is 0.263 e. The fraction of sp³-hybridized carbons (Fsp3) is 0.111. The SMILES string of the molecule is O=C1c2cc(Cl)c(Cl)cc2C(=O)N1CO. The monoisotopic (exact) mass is 245 g/mol. The van der Waals surface area contributed by atoms with Crippen LogP contribution < -0.4 is 0 Å². The maximum absolute atomic E-state index is 11.5. The van der Waals surface area contributed by atoms with Gasteiger partial charge in [0.25, 0.3) is 11.8 Å². The summed E-state index contributed by atoms with van der Waals surface area (Å²) in [4.78, 5) is 23.8. The Balaban J connectivity index is 2.63. The number of benzene rings is 1. The number of nitrogens with zero attached hydrogens (tertiary/aromatic N) is 1. The Morgan fingerprint density at radius 1 is 1.07 bits per heavy atom. The van der Waals surface area contributed by atoms with Gasteiger partial charge in [0.2, 0.25) is 0 Å². The van der Waals surface area contributed by atoms with Crippen molar-refractivity contribution in [3.05, 3.63) is 33.3 Å². The molecule has 2 rings (SSSR count). The van der Waals surface area contributed by atoms with Crippen molar-refractivity contribution in [2.75, 3.05) is 6.73 Å². The molecule has 1 heterocycles. The fourth-order valence-corrected chi connectivity index (χ4v) is 1.74. The molecule has 4 nitrogen and oxygen atoms in total. The Hall–Kier alpha value is -1.10. The molecule has 2 amide bonds. The quantitative estimate of drug-likeness (QED) is 0.764. The third-order valence-electron chi connectivity index (χ3n) is 2.15. The number of amides is 2. The zero-order chi connectivity index (χ0) is 11.2. The number of halogens is 2. The van der Waals surface area contributed by atoms with Crippen LogP contribution in [0.1, 0.15) is 20.7 Å². The van der Waals surface area contributed by atoms with Gasteiger partial charge in [-0.15, -0.1) is 0 Å². The summed E-state index contributed by atoms with van der Waals surface area (Å²) in [5.41, 5.74) is 0.340. The molecule has 0 unspecified atom stereocenters. The van der Waals surface area contributed by atoms with Crippen molar-refractivity contribution in [3.63, 3.8) is 0 Å². The highest BCUT2D eigenvalue weighted by molar-refractivity contribution is 6.43. The number of fused-ring (bicyclic) bond motifs is 1. The summed E-state index contributed by atoms with van der Waals surface area (Å²) >= 11 is 11.4. The van der Waals surface area contributed by atoms with Crippen molar-refractivity contribution in [3.8, 4) is 0 Å². The second kappa shape index (κ2) is 3.48. The fourth-order valence-electron chi connectivity index (χ4n) is 1.41. The zero-order valence-corrected chi connectivity index (χ0v) is 8.84. The van der Waals surface area contributed by atoms with Gasteiger partial charge in [-0.2, -0.15) is 0 Å². The maximum atomic E-state index is 11.5. The first kappa shape index (κ1) is 10.4. The molecule has 0 saturated heterocycles. The Bertz CT molecular complexity index is 432. The van der Waals surface area contributed by atoms with Crippen LogP contribution in [0.3, 0.4) is 0 Å². The van der Waals surface area contributed by atoms with Crippen molar-refractivity contribution in [1.29, 1.82) is 0 Å². The number of hydrogen-bond acceptors (Lipinski definition) is 3. The predicted molar refractivity (Wildman–Crippen MR) is 54.0 cm³/mol. The van der Waals surface area contributed by atoms with Crippen LogP contribution >= 0.6 is 23.2 Å². The molecule has 0 atom stereocenters. The Kier molecular flexibility index (Phi) is 2.42. The number of carbonyl (C=O) groups is 2. The number of imide groups is 1. The number of aliphatic hydroxyl groups is 1. The first-order valence-corrected chi connectivity index (χ1v) is 4.78. The van der Waals surface area contributed by atoms with Gasteiger partial charge in [-0.25, -0.2) is 0 Å². The third-order valence-corrected chi connectivity index (χ3v) is 2.88. The normalized spacial score (nSPS) is 14.7. The zero-order valence-electron chi connectivity index (χ0n) is 7.33. The van der Waals surface area contributed by atoms with E-state index in [2.05, 4.69) is 0 Å². The molecule has 0 fully saturated rings. The van der Waals surface area contributed by atoms with Crippen molar-refractivity contribution < 1.29 is 14.7 Å². The summed E-state index contributed by atoms with van der Waals surface area (Å²) < 4.78 is 0. The van der Waals surface area contributed by atoms with Crippen LogP contribution in [0.15, 0.2) is 12.1 Å². The van der Waals surface area contributed by atoms with Gasteiger partial charge in [-0.1, -0.05) is 23.2 Å². The van der Waals surface area contributed by atoms with Crippen molar-refractivity contribution in [2.45, 2.75) is 0 Å². The minimum Gasteiger partial charge on any atom is -0.376 e. The molecule has 78 valence electrons. The lowest BCUT2D eigenvalue weighted by molar-refractivity contribution is 0.0490. The maximum Gasteiger partial charge on any atom is 0.263 e. The molecule has 1 aromatic rings. The van der Waals surface area contributed by atoms with Crippen LogP contribution in [0.25, 0.3) is 0 Å². The number of rotatable bonds is 1. The summed E-state index contributed by atoms with van der Waals surface area (Å²) in [6, 6.07) is 2.66. The Labute approximate surface area is 95.0 Å². The van der Waals surface area contributed by atoms with E-state index in [0.717, 1.165) is 4.90 Å². The lowest BCUT2D eigenvalue weighted by Crippen LogP contribution is -2.30. The molecule has 15 heavy (non-hydrogen) atoms. The van der Waals surface area contributed by atoms with E-state index in [1.165, 1.54) is 12.1 Å². The summed E-state index contributed by atoms with van der Waals surface area (Å²) in [5, 5.41) is 9.25. The highest BCUT2D eigenvalue weighted by Gasteiger charge is 2.35. The minimum absolute atomic E-state index is 0.170. The Morgan fingerprint density at radius 2 is 1.47 bits per heavy atom.